The normalized spacial score (nSPS) is 17.4. The first-order chi connectivity index (χ1) is 21.9. The zero-order valence-electron chi connectivity index (χ0n) is 30.9. The summed E-state index contributed by atoms with van der Waals surface area (Å²) in [6.45, 7) is 19.5. The van der Waals surface area contributed by atoms with Crippen LogP contribution in [0.2, 0.25) is 12.1 Å². The second-order valence-electron chi connectivity index (χ2n) is 12.9. The Bertz CT molecular complexity index is 1210. The van der Waals surface area contributed by atoms with E-state index in [4.69, 9.17) is 26.6 Å². The average molecular weight is 675 g/mol. The van der Waals surface area contributed by atoms with E-state index in [1.807, 2.05) is 13.8 Å². The molecule has 0 amide bonds. The third kappa shape index (κ3) is 9.02. The van der Waals surface area contributed by atoms with Gasteiger partial charge in [0.15, 0.2) is 0 Å². The Labute approximate surface area is 282 Å². The molecule has 1 aliphatic heterocycles. The molecule has 46 heavy (non-hydrogen) atoms. The van der Waals surface area contributed by atoms with Gasteiger partial charge in [0.25, 0.3) is 0 Å². The van der Waals surface area contributed by atoms with E-state index in [0.29, 0.717) is 25.3 Å². The summed E-state index contributed by atoms with van der Waals surface area (Å²) in [5, 5.41) is 0. The number of anilines is 2. The van der Waals surface area contributed by atoms with Gasteiger partial charge in [0, 0.05) is 65.1 Å². The molecule has 1 fully saturated rings. The molecule has 0 aliphatic carbocycles. The van der Waals surface area contributed by atoms with Crippen molar-refractivity contribution < 1.29 is 26.6 Å². The standard InChI is InChI=1S/C36H62N2O6Si2/c1-13-43-45(39-9,40-10)20-16-15-18-33-34(19-17-21-46(41-11,42-12)44-14-2)38(36-31(7)24-28(4)25-32(36)8)26-37(33)35-29(5)22-27(3)23-30(35)6/h22-25,33-34H,13-21,26H2,1-12H3. The number of rotatable bonds is 19. The van der Waals surface area contributed by atoms with Gasteiger partial charge in [0.2, 0.25) is 0 Å². The maximum atomic E-state index is 6.11. The Hall–Kier alpha value is -1.77. The Kier molecular flexibility index (Phi) is 14.8. The summed E-state index contributed by atoms with van der Waals surface area (Å²) < 4.78 is 35.6. The Morgan fingerprint density at radius 3 is 1.26 bits per heavy atom. The summed E-state index contributed by atoms with van der Waals surface area (Å²) in [6, 6.07) is 11.6. The average Bonchev–Trinajstić information content (AvgIpc) is 3.34. The fraction of sp³-hybridized carbons (Fsp3) is 0.667. The predicted molar refractivity (Wildman–Crippen MR) is 194 cm³/mol. The van der Waals surface area contributed by atoms with Crippen LogP contribution >= 0.6 is 0 Å². The lowest BCUT2D eigenvalue weighted by Gasteiger charge is -2.33. The van der Waals surface area contributed by atoms with Crippen molar-refractivity contribution in [3.8, 4) is 0 Å². The first kappa shape index (κ1) is 38.7. The molecule has 2 unspecified atom stereocenters. The van der Waals surface area contributed by atoms with E-state index < -0.39 is 17.6 Å². The van der Waals surface area contributed by atoms with Gasteiger partial charge in [-0.25, -0.2) is 0 Å². The first-order valence-corrected chi connectivity index (χ1v) is 21.0. The van der Waals surface area contributed by atoms with E-state index in [2.05, 4.69) is 75.6 Å². The van der Waals surface area contributed by atoms with Crippen LogP contribution in [0.25, 0.3) is 0 Å². The summed E-state index contributed by atoms with van der Waals surface area (Å²) in [5.41, 5.74) is 10.7. The zero-order valence-corrected chi connectivity index (χ0v) is 32.9. The minimum absolute atomic E-state index is 0.306. The van der Waals surface area contributed by atoms with E-state index in [1.165, 1.54) is 44.8 Å². The van der Waals surface area contributed by atoms with Crippen molar-refractivity contribution in [2.75, 3.05) is 58.1 Å². The van der Waals surface area contributed by atoms with Crippen molar-refractivity contribution >= 4 is 29.0 Å². The van der Waals surface area contributed by atoms with Crippen LogP contribution in [-0.2, 0) is 26.6 Å². The predicted octanol–water partition coefficient (Wildman–Crippen LogP) is 8.05. The first-order valence-electron chi connectivity index (χ1n) is 17.1. The van der Waals surface area contributed by atoms with Gasteiger partial charge >= 0.3 is 17.6 Å². The third-order valence-corrected chi connectivity index (χ3v) is 15.5. The largest absolute Gasteiger partial charge is 0.500 e. The number of aryl methyl sites for hydroxylation is 6. The molecule has 2 atom stereocenters. The highest BCUT2D eigenvalue weighted by Gasteiger charge is 2.44. The molecule has 260 valence electrons. The smallest absolute Gasteiger partial charge is 0.377 e. The fourth-order valence-corrected chi connectivity index (χ4v) is 11.9. The van der Waals surface area contributed by atoms with Crippen molar-refractivity contribution in [1.29, 1.82) is 0 Å². The van der Waals surface area contributed by atoms with Crippen molar-refractivity contribution in [2.24, 2.45) is 0 Å². The summed E-state index contributed by atoms with van der Waals surface area (Å²) in [6.07, 6.45) is 5.09. The van der Waals surface area contributed by atoms with Gasteiger partial charge in [0.1, 0.15) is 0 Å². The van der Waals surface area contributed by atoms with Crippen molar-refractivity contribution in [2.45, 2.75) is 112 Å². The fourth-order valence-electron chi connectivity index (χ4n) is 7.83. The van der Waals surface area contributed by atoms with Gasteiger partial charge in [-0.15, -0.1) is 0 Å². The highest BCUT2D eigenvalue weighted by Crippen LogP contribution is 2.41. The van der Waals surface area contributed by atoms with Crippen LogP contribution in [0.5, 0.6) is 0 Å². The van der Waals surface area contributed by atoms with Crippen LogP contribution in [0.15, 0.2) is 24.3 Å². The monoisotopic (exact) mass is 674 g/mol. The Morgan fingerprint density at radius 2 is 0.913 bits per heavy atom. The number of hydrogen-bond acceptors (Lipinski definition) is 8. The van der Waals surface area contributed by atoms with Crippen LogP contribution in [0.1, 0.15) is 79.3 Å². The number of hydrogen-bond donors (Lipinski definition) is 0. The van der Waals surface area contributed by atoms with Crippen LogP contribution in [-0.4, -0.2) is 78.0 Å². The second-order valence-corrected chi connectivity index (χ2v) is 18.8. The topological polar surface area (TPSA) is 61.9 Å². The van der Waals surface area contributed by atoms with E-state index >= 15 is 0 Å². The molecule has 2 aromatic carbocycles. The highest BCUT2D eigenvalue weighted by molar-refractivity contribution is 6.60. The summed E-state index contributed by atoms with van der Waals surface area (Å²) in [4.78, 5) is 5.40. The van der Waals surface area contributed by atoms with Gasteiger partial charge in [-0.3, -0.25) is 0 Å². The molecule has 0 spiro atoms. The van der Waals surface area contributed by atoms with E-state index in [0.717, 1.165) is 50.9 Å². The van der Waals surface area contributed by atoms with Crippen LogP contribution in [0.3, 0.4) is 0 Å². The SMILES string of the molecule is CCO[Si](CCCCC1C(CCC[Si](OC)(OC)OCC)N(c2c(C)cc(C)cc2C)CN1c1c(C)cc(C)cc1C)(OC)OC. The molecule has 0 radical (unpaired) electrons. The molecule has 1 aliphatic rings. The van der Waals surface area contributed by atoms with Gasteiger partial charge in [-0.05, 0) is 103 Å². The molecule has 10 heteroatoms. The maximum absolute atomic E-state index is 6.11. The Balaban J connectivity index is 2.04. The lowest BCUT2D eigenvalue weighted by molar-refractivity contribution is 0.102. The molecule has 0 saturated carbocycles. The number of unbranched alkanes of at least 4 members (excludes halogenated alkanes) is 1. The molecule has 8 nitrogen and oxygen atoms in total. The molecule has 0 aromatic heterocycles. The van der Waals surface area contributed by atoms with E-state index in [9.17, 15) is 0 Å². The molecule has 1 heterocycles. The lowest BCUT2D eigenvalue weighted by Crippen LogP contribution is -2.44. The number of nitrogens with zero attached hydrogens (tertiary/aromatic N) is 2. The summed E-state index contributed by atoms with van der Waals surface area (Å²) in [5.74, 6) is 0. The zero-order chi connectivity index (χ0) is 34.1. The van der Waals surface area contributed by atoms with Gasteiger partial charge < -0.3 is 36.4 Å². The van der Waals surface area contributed by atoms with Crippen molar-refractivity contribution in [3.05, 3.63) is 57.6 Å². The quantitative estimate of drug-likeness (QED) is 0.110. The molecule has 0 bridgehead atoms. The van der Waals surface area contributed by atoms with Gasteiger partial charge in [-0.1, -0.05) is 41.8 Å². The van der Waals surface area contributed by atoms with Gasteiger partial charge in [-0.2, -0.15) is 0 Å². The molecular weight excluding hydrogens is 613 g/mol. The third-order valence-electron chi connectivity index (χ3n) is 9.58. The second kappa shape index (κ2) is 17.6. The number of benzene rings is 2. The minimum Gasteiger partial charge on any atom is -0.377 e. The molecule has 3 rings (SSSR count). The van der Waals surface area contributed by atoms with Crippen molar-refractivity contribution in [3.63, 3.8) is 0 Å². The van der Waals surface area contributed by atoms with Crippen LogP contribution < -0.4 is 9.80 Å². The van der Waals surface area contributed by atoms with Crippen LogP contribution in [0.4, 0.5) is 11.4 Å². The van der Waals surface area contributed by atoms with Crippen molar-refractivity contribution in [1.82, 2.24) is 0 Å². The molecule has 2 aromatic rings. The van der Waals surface area contributed by atoms with Gasteiger partial charge in [0.05, 0.1) is 18.8 Å². The molecular formula is C36H62N2O6Si2. The van der Waals surface area contributed by atoms with E-state index in [-0.39, 0.29) is 0 Å². The van der Waals surface area contributed by atoms with E-state index in [1.54, 1.807) is 28.4 Å². The summed E-state index contributed by atoms with van der Waals surface area (Å²) >= 11 is 0. The Morgan fingerprint density at radius 1 is 0.565 bits per heavy atom. The maximum Gasteiger partial charge on any atom is 0.500 e. The molecule has 1 saturated heterocycles. The minimum atomic E-state index is -2.71. The summed E-state index contributed by atoms with van der Waals surface area (Å²) in [7, 11) is 1.54. The molecule has 0 N–H and O–H groups in total. The lowest BCUT2D eigenvalue weighted by atomic mass is 9.94. The highest BCUT2D eigenvalue weighted by atomic mass is 28.4. The van der Waals surface area contributed by atoms with Crippen LogP contribution in [0, 0.1) is 41.5 Å².